The van der Waals surface area contributed by atoms with E-state index < -0.39 is 17.0 Å². The highest BCUT2D eigenvalue weighted by molar-refractivity contribution is 5.80. The lowest BCUT2D eigenvalue weighted by molar-refractivity contribution is -0.142. The highest BCUT2D eigenvalue weighted by atomic mass is 16.4. The molecular formula is C32H37NO3. The fourth-order valence-corrected chi connectivity index (χ4v) is 5.21. The zero-order valence-electron chi connectivity index (χ0n) is 21.3. The van der Waals surface area contributed by atoms with Gasteiger partial charge in [-0.05, 0) is 74.4 Å². The Morgan fingerprint density at radius 1 is 0.861 bits per heavy atom. The van der Waals surface area contributed by atoms with Gasteiger partial charge in [-0.1, -0.05) is 97.1 Å². The Morgan fingerprint density at radius 2 is 1.39 bits per heavy atom. The molecule has 2 N–H and O–H groups in total. The number of carboxylic acids is 1. The van der Waals surface area contributed by atoms with Crippen molar-refractivity contribution in [1.29, 1.82) is 0 Å². The molecule has 1 fully saturated rings. The molecule has 0 aromatic heterocycles. The van der Waals surface area contributed by atoms with Gasteiger partial charge in [-0.3, -0.25) is 4.79 Å². The summed E-state index contributed by atoms with van der Waals surface area (Å²) in [6.07, 6.45) is 7.14. The van der Waals surface area contributed by atoms with Gasteiger partial charge < -0.3 is 15.1 Å². The van der Waals surface area contributed by atoms with Crippen molar-refractivity contribution in [2.24, 2.45) is 5.92 Å². The Kier molecular flexibility index (Phi) is 8.07. The maximum atomic E-state index is 12.0. The van der Waals surface area contributed by atoms with E-state index in [9.17, 15) is 15.0 Å². The normalized spacial score (nSPS) is 15.9. The van der Waals surface area contributed by atoms with E-state index in [1.54, 1.807) is 13.8 Å². The van der Waals surface area contributed by atoms with Crippen LogP contribution in [-0.2, 0) is 15.8 Å². The summed E-state index contributed by atoms with van der Waals surface area (Å²) in [7, 11) is 0. The minimum Gasteiger partial charge on any atom is -0.481 e. The summed E-state index contributed by atoms with van der Waals surface area (Å²) in [6, 6.07) is 27.9. The lowest BCUT2D eigenvalue weighted by Crippen LogP contribution is -2.44. The minimum absolute atomic E-state index is 0.169. The average molecular weight is 484 g/mol. The third kappa shape index (κ3) is 5.61. The summed E-state index contributed by atoms with van der Waals surface area (Å²) < 4.78 is 0. The van der Waals surface area contributed by atoms with Crippen LogP contribution in [0.25, 0.3) is 6.08 Å². The number of piperidine rings is 1. The van der Waals surface area contributed by atoms with E-state index in [0.29, 0.717) is 0 Å². The summed E-state index contributed by atoms with van der Waals surface area (Å²) in [5.74, 6) is -0.650. The largest absolute Gasteiger partial charge is 0.481 e. The van der Waals surface area contributed by atoms with Gasteiger partial charge in [0.05, 0.1) is 5.41 Å². The number of hydrogen-bond acceptors (Lipinski definition) is 3. The van der Waals surface area contributed by atoms with Gasteiger partial charge in [0.15, 0.2) is 0 Å². The smallest absolute Gasteiger partial charge is 0.313 e. The molecule has 3 aromatic rings. The molecule has 1 aliphatic rings. The van der Waals surface area contributed by atoms with Crippen LogP contribution in [0, 0.1) is 5.92 Å². The van der Waals surface area contributed by atoms with Crippen molar-refractivity contribution >= 4 is 12.0 Å². The number of carboxylic acid groups (broad SMARTS) is 1. The molecular weight excluding hydrogens is 446 g/mol. The SMILES string of the molecule is CC(C)(C(=O)O)c1ccc(/C=C/CCN2CCC(C(O)(c3ccccc3)c3ccccc3)CC2)cc1. The summed E-state index contributed by atoms with van der Waals surface area (Å²) in [4.78, 5) is 13.9. The summed E-state index contributed by atoms with van der Waals surface area (Å²) in [5, 5.41) is 21.4. The molecule has 3 aromatic carbocycles. The van der Waals surface area contributed by atoms with E-state index in [2.05, 4.69) is 17.1 Å². The number of nitrogens with zero attached hydrogens (tertiary/aromatic N) is 1. The number of hydrogen-bond donors (Lipinski definition) is 2. The van der Waals surface area contributed by atoms with E-state index in [4.69, 9.17) is 0 Å². The molecule has 0 bridgehead atoms. The molecule has 0 aliphatic carbocycles. The van der Waals surface area contributed by atoms with Crippen molar-refractivity contribution in [2.75, 3.05) is 19.6 Å². The molecule has 4 rings (SSSR count). The van der Waals surface area contributed by atoms with Gasteiger partial charge in [0.2, 0.25) is 0 Å². The molecule has 0 amide bonds. The maximum Gasteiger partial charge on any atom is 0.313 e. The molecule has 0 unspecified atom stereocenters. The summed E-state index contributed by atoms with van der Waals surface area (Å²) >= 11 is 0. The van der Waals surface area contributed by atoms with Gasteiger partial charge in [0.25, 0.3) is 0 Å². The van der Waals surface area contributed by atoms with E-state index in [1.165, 1.54) is 0 Å². The first-order chi connectivity index (χ1) is 17.3. The van der Waals surface area contributed by atoms with E-state index >= 15 is 0 Å². The van der Waals surface area contributed by atoms with Crippen LogP contribution in [0.3, 0.4) is 0 Å². The van der Waals surface area contributed by atoms with Crippen molar-refractivity contribution in [2.45, 2.75) is 44.1 Å². The molecule has 0 radical (unpaired) electrons. The molecule has 0 atom stereocenters. The molecule has 4 nitrogen and oxygen atoms in total. The molecule has 1 saturated heterocycles. The minimum atomic E-state index is -0.976. The van der Waals surface area contributed by atoms with Crippen molar-refractivity contribution in [3.8, 4) is 0 Å². The van der Waals surface area contributed by atoms with E-state index in [-0.39, 0.29) is 5.92 Å². The first kappa shape index (κ1) is 25.9. The van der Waals surface area contributed by atoms with Crippen LogP contribution in [-0.4, -0.2) is 40.7 Å². The fourth-order valence-electron chi connectivity index (χ4n) is 5.21. The second-order valence-electron chi connectivity index (χ2n) is 10.4. The summed E-state index contributed by atoms with van der Waals surface area (Å²) in [5.41, 5.74) is 1.96. The molecule has 188 valence electrons. The van der Waals surface area contributed by atoms with Crippen molar-refractivity contribution in [3.05, 3.63) is 113 Å². The first-order valence-corrected chi connectivity index (χ1v) is 12.9. The van der Waals surface area contributed by atoms with Gasteiger partial charge in [-0.15, -0.1) is 0 Å². The van der Waals surface area contributed by atoms with Crippen LogP contribution in [0.2, 0.25) is 0 Å². The molecule has 1 heterocycles. The van der Waals surface area contributed by atoms with Crippen molar-refractivity contribution in [3.63, 3.8) is 0 Å². The van der Waals surface area contributed by atoms with Gasteiger partial charge in [0, 0.05) is 6.54 Å². The number of aliphatic carboxylic acids is 1. The van der Waals surface area contributed by atoms with Gasteiger partial charge in [0.1, 0.15) is 5.60 Å². The van der Waals surface area contributed by atoms with Gasteiger partial charge >= 0.3 is 5.97 Å². The monoisotopic (exact) mass is 483 g/mol. The lowest BCUT2D eigenvalue weighted by atomic mass is 9.72. The molecule has 4 heteroatoms. The predicted molar refractivity (Wildman–Crippen MR) is 146 cm³/mol. The predicted octanol–water partition coefficient (Wildman–Crippen LogP) is 6.10. The Labute approximate surface area is 214 Å². The van der Waals surface area contributed by atoms with E-state index in [1.807, 2.05) is 84.9 Å². The Morgan fingerprint density at radius 3 is 1.89 bits per heavy atom. The molecule has 1 aliphatic heterocycles. The number of aliphatic hydroxyl groups is 1. The number of rotatable bonds is 9. The van der Waals surface area contributed by atoms with Crippen LogP contribution in [0.1, 0.15) is 55.4 Å². The standard InChI is InChI=1S/C32H37NO3/c1-31(2,30(34)35)26-18-16-25(17-19-26)11-9-10-22-33-23-20-29(21-24-33)32(36,27-12-5-3-6-13-27)28-14-7-4-8-15-28/h3-9,11-19,29,36H,10,20-24H2,1-2H3,(H,34,35)/b11-9+. The zero-order valence-corrected chi connectivity index (χ0v) is 21.3. The molecule has 0 saturated carbocycles. The Balaban J connectivity index is 1.33. The number of benzene rings is 3. The quantitative estimate of drug-likeness (QED) is 0.386. The van der Waals surface area contributed by atoms with Crippen LogP contribution >= 0.6 is 0 Å². The third-order valence-electron chi connectivity index (χ3n) is 7.70. The highest BCUT2D eigenvalue weighted by Crippen LogP contribution is 2.41. The lowest BCUT2D eigenvalue weighted by Gasteiger charge is -2.42. The first-order valence-electron chi connectivity index (χ1n) is 12.9. The van der Waals surface area contributed by atoms with Gasteiger partial charge in [-0.2, -0.15) is 0 Å². The second-order valence-corrected chi connectivity index (χ2v) is 10.4. The average Bonchev–Trinajstić information content (AvgIpc) is 2.92. The zero-order chi connectivity index (χ0) is 25.6. The van der Waals surface area contributed by atoms with Crippen molar-refractivity contribution < 1.29 is 15.0 Å². The Bertz CT molecular complexity index is 1110. The topological polar surface area (TPSA) is 60.8 Å². The number of likely N-dealkylation sites (tertiary alicyclic amines) is 1. The maximum absolute atomic E-state index is 12.0. The Hall–Kier alpha value is -3.21. The fraction of sp³-hybridized carbons (Fsp3) is 0.344. The van der Waals surface area contributed by atoms with Crippen LogP contribution < -0.4 is 0 Å². The van der Waals surface area contributed by atoms with E-state index in [0.717, 1.165) is 61.2 Å². The third-order valence-corrected chi connectivity index (χ3v) is 7.70. The molecule has 0 spiro atoms. The van der Waals surface area contributed by atoms with Crippen LogP contribution in [0.4, 0.5) is 0 Å². The number of carbonyl (C=O) groups is 1. The summed E-state index contributed by atoms with van der Waals surface area (Å²) in [6.45, 7) is 6.38. The highest BCUT2D eigenvalue weighted by Gasteiger charge is 2.41. The van der Waals surface area contributed by atoms with Crippen molar-refractivity contribution in [1.82, 2.24) is 4.90 Å². The second kappa shape index (κ2) is 11.2. The van der Waals surface area contributed by atoms with Crippen LogP contribution in [0.15, 0.2) is 91.0 Å². The van der Waals surface area contributed by atoms with Crippen LogP contribution in [0.5, 0.6) is 0 Å². The molecule has 36 heavy (non-hydrogen) atoms. The van der Waals surface area contributed by atoms with Gasteiger partial charge in [-0.25, -0.2) is 0 Å².